The van der Waals surface area contributed by atoms with Gasteiger partial charge in [-0.1, -0.05) is 39.8 Å². The first-order chi connectivity index (χ1) is 8.20. The molecular weight excluding hydrogens is 364 g/mol. The minimum absolute atomic E-state index is 0.668. The highest BCUT2D eigenvalue weighted by atomic mass is 79.9. The Morgan fingerprint density at radius 3 is 2.41 bits per heavy atom. The van der Waals surface area contributed by atoms with Gasteiger partial charge in [0.2, 0.25) is 0 Å². The smallest absolute Gasteiger partial charge is 0.151 e. The number of hydrogen-bond donors (Lipinski definition) is 0. The summed E-state index contributed by atoms with van der Waals surface area (Å²) in [5.41, 5.74) is 0.668. The molecule has 0 heterocycles. The van der Waals surface area contributed by atoms with Crippen molar-refractivity contribution >= 4 is 49.9 Å². The van der Waals surface area contributed by atoms with Crippen LogP contribution < -0.4 is 0 Å². The standard InChI is InChI=1S/C13H8Br2OS/c14-11-3-1-2-4-13(11)17-10-6-5-9(8-16)12(15)7-10/h1-8H. The summed E-state index contributed by atoms with van der Waals surface area (Å²) in [7, 11) is 0. The van der Waals surface area contributed by atoms with Crippen LogP contribution in [0.15, 0.2) is 61.2 Å². The van der Waals surface area contributed by atoms with Crippen molar-refractivity contribution in [2.45, 2.75) is 9.79 Å². The van der Waals surface area contributed by atoms with E-state index in [4.69, 9.17) is 0 Å². The maximum absolute atomic E-state index is 10.7. The van der Waals surface area contributed by atoms with Gasteiger partial charge in [-0.25, -0.2) is 0 Å². The van der Waals surface area contributed by atoms with Gasteiger partial charge in [-0.2, -0.15) is 0 Å². The Labute approximate surface area is 121 Å². The van der Waals surface area contributed by atoms with E-state index in [1.54, 1.807) is 11.8 Å². The minimum atomic E-state index is 0.668. The summed E-state index contributed by atoms with van der Waals surface area (Å²) in [6, 6.07) is 13.8. The van der Waals surface area contributed by atoms with E-state index < -0.39 is 0 Å². The van der Waals surface area contributed by atoms with E-state index in [0.29, 0.717) is 5.56 Å². The highest BCUT2D eigenvalue weighted by Gasteiger charge is 2.04. The third-order valence-corrected chi connectivity index (χ3v) is 4.87. The van der Waals surface area contributed by atoms with E-state index >= 15 is 0 Å². The predicted octanol–water partition coefficient (Wildman–Crippen LogP) is 5.18. The van der Waals surface area contributed by atoms with Crippen molar-refractivity contribution in [2.24, 2.45) is 0 Å². The maximum atomic E-state index is 10.7. The minimum Gasteiger partial charge on any atom is -0.298 e. The molecule has 0 unspecified atom stereocenters. The van der Waals surface area contributed by atoms with Gasteiger partial charge in [-0.05, 0) is 46.3 Å². The summed E-state index contributed by atoms with van der Waals surface area (Å²) in [4.78, 5) is 12.9. The van der Waals surface area contributed by atoms with Gasteiger partial charge >= 0.3 is 0 Å². The van der Waals surface area contributed by atoms with Crippen molar-refractivity contribution in [2.75, 3.05) is 0 Å². The first kappa shape index (κ1) is 12.9. The predicted molar refractivity (Wildman–Crippen MR) is 77.8 cm³/mol. The van der Waals surface area contributed by atoms with Crippen LogP contribution in [-0.4, -0.2) is 6.29 Å². The first-order valence-electron chi connectivity index (χ1n) is 4.88. The summed E-state index contributed by atoms with van der Waals surface area (Å²) < 4.78 is 1.89. The monoisotopic (exact) mass is 370 g/mol. The largest absolute Gasteiger partial charge is 0.298 e. The molecule has 0 aliphatic carbocycles. The molecule has 0 bridgehead atoms. The zero-order valence-corrected chi connectivity index (χ0v) is 12.7. The van der Waals surface area contributed by atoms with E-state index in [9.17, 15) is 4.79 Å². The summed E-state index contributed by atoms with van der Waals surface area (Å²) in [6.45, 7) is 0. The average molecular weight is 372 g/mol. The van der Waals surface area contributed by atoms with Crippen molar-refractivity contribution < 1.29 is 4.79 Å². The molecule has 2 aromatic carbocycles. The molecule has 1 nitrogen and oxygen atoms in total. The van der Waals surface area contributed by atoms with Crippen LogP contribution in [-0.2, 0) is 0 Å². The average Bonchev–Trinajstić information content (AvgIpc) is 2.32. The Bertz CT molecular complexity index is 555. The second-order valence-corrected chi connectivity index (χ2v) is 6.16. The molecule has 2 aromatic rings. The highest BCUT2D eigenvalue weighted by Crippen LogP contribution is 2.34. The summed E-state index contributed by atoms with van der Waals surface area (Å²) in [6.07, 6.45) is 0.844. The van der Waals surface area contributed by atoms with Crippen LogP contribution in [0.4, 0.5) is 0 Å². The fraction of sp³-hybridized carbons (Fsp3) is 0. The Morgan fingerprint density at radius 1 is 1.00 bits per heavy atom. The lowest BCUT2D eigenvalue weighted by Crippen LogP contribution is -1.83. The number of aldehydes is 1. The second-order valence-electron chi connectivity index (χ2n) is 3.33. The molecule has 0 aliphatic rings. The molecule has 0 aromatic heterocycles. The number of hydrogen-bond acceptors (Lipinski definition) is 2. The Kier molecular flexibility index (Phi) is 4.42. The molecule has 0 radical (unpaired) electrons. The Balaban J connectivity index is 2.28. The lowest BCUT2D eigenvalue weighted by molar-refractivity contribution is 0.112. The molecule has 0 saturated carbocycles. The number of carbonyl (C=O) groups is 1. The van der Waals surface area contributed by atoms with Crippen LogP contribution in [0.5, 0.6) is 0 Å². The van der Waals surface area contributed by atoms with Crippen molar-refractivity contribution in [1.82, 2.24) is 0 Å². The molecule has 0 saturated heterocycles. The van der Waals surface area contributed by atoms with Gasteiger partial charge in [-0.15, -0.1) is 0 Å². The van der Waals surface area contributed by atoms with E-state index in [1.165, 1.54) is 0 Å². The lowest BCUT2D eigenvalue weighted by Gasteiger charge is -2.05. The van der Waals surface area contributed by atoms with Crippen molar-refractivity contribution in [3.8, 4) is 0 Å². The Morgan fingerprint density at radius 2 is 1.76 bits per heavy atom. The number of rotatable bonds is 3. The molecule has 0 aliphatic heterocycles. The van der Waals surface area contributed by atoms with Crippen molar-refractivity contribution in [3.05, 3.63) is 57.0 Å². The topological polar surface area (TPSA) is 17.1 Å². The molecule has 17 heavy (non-hydrogen) atoms. The molecular formula is C13H8Br2OS. The third kappa shape index (κ3) is 3.21. The van der Waals surface area contributed by atoms with Crippen LogP contribution in [0, 0.1) is 0 Å². The fourth-order valence-corrected chi connectivity index (χ4v) is 3.35. The van der Waals surface area contributed by atoms with Gasteiger partial charge in [0.05, 0.1) is 0 Å². The Hall–Kier alpha value is -0.580. The highest BCUT2D eigenvalue weighted by molar-refractivity contribution is 9.10. The molecule has 0 N–H and O–H groups in total. The summed E-state index contributed by atoms with van der Waals surface area (Å²) >= 11 is 8.55. The van der Waals surface area contributed by atoms with Gasteiger partial charge in [0.15, 0.2) is 6.29 Å². The van der Waals surface area contributed by atoms with Crippen LogP contribution in [0.3, 0.4) is 0 Å². The SMILES string of the molecule is O=Cc1ccc(Sc2ccccc2Br)cc1Br. The second kappa shape index (κ2) is 5.85. The first-order valence-corrected chi connectivity index (χ1v) is 7.28. The molecule has 86 valence electrons. The van der Waals surface area contributed by atoms with Gasteiger partial charge in [0.25, 0.3) is 0 Å². The van der Waals surface area contributed by atoms with Crippen LogP contribution in [0.2, 0.25) is 0 Å². The number of halogens is 2. The normalized spacial score (nSPS) is 10.2. The fourth-order valence-electron chi connectivity index (χ4n) is 1.32. The summed E-state index contributed by atoms with van der Waals surface area (Å²) in [5.74, 6) is 0. The number of carbonyl (C=O) groups excluding carboxylic acids is 1. The van der Waals surface area contributed by atoms with Gasteiger partial charge in [0.1, 0.15) is 0 Å². The van der Waals surface area contributed by atoms with Gasteiger partial charge in [-0.3, -0.25) is 4.79 Å². The molecule has 0 amide bonds. The number of benzene rings is 2. The van der Waals surface area contributed by atoms with Crippen LogP contribution in [0.1, 0.15) is 10.4 Å². The summed E-state index contributed by atoms with van der Waals surface area (Å²) in [5, 5.41) is 0. The van der Waals surface area contributed by atoms with Crippen molar-refractivity contribution in [3.63, 3.8) is 0 Å². The van der Waals surface area contributed by atoms with E-state index in [2.05, 4.69) is 37.9 Å². The van der Waals surface area contributed by atoms with Crippen molar-refractivity contribution in [1.29, 1.82) is 0 Å². The lowest BCUT2D eigenvalue weighted by atomic mass is 10.2. The molecule has 0 fully saturated rings. The molecule has 0 spiro atoms. The quantitative estimate of drug-likeness (QED) is 0.692. The van der Waals surface area contributed by atoms with Crippen LogP contribution in [0.25, 0.3) is 0 Å². The third-order valence-electron chi connectivity index (χ3n) is 2.16. The molecule has 4 heteroatoms. The van der Waals surface area contributed by atoms with E-state index in [-0.39, 0.29) is 0 Å². The van der Waals surface area contributed by atoms with E-state index in [1.807, 2.05) is 36.4 Å². The van der Waals surface area contributed by atoms with Crippen LogP contribution >= 0.6 is 43.6 Å². The zero-order valence-electron chi connectivity index (χ0n) is 8.69. The van der Waals surface area contributed by atoms with E-state index in [0.717, 1.165) is 25.0 Å². The van der Waals surface area contributed by atoms with Gasteiger partial charge < -0.3 is 0 Å². The zero-order chi connectivity index (χ0) is 12.3. The maximum Gasteiger partial charge on any atom is 0.151 e. The molecule has 0 atom stereocenters. The molecule has 2 rings (SSSR count). The van der Waals surface area contributed by atoms with Gasteiger partial charge in [0, 0.05) is 24.3 Å².